The van der Waals surface area contributed by atoms with E-state index in [9.17, 15) is 0 Å². The Morgan fingerprint density at radius 2 is 1.20 bits per heavy atom. The molecular formula is C14H22O. The quantitative estimate of drug-likeness (QED) is 0.626. The average Bonchev–Trinajstić information content (AvgIpc) is 2.25. The second-order valence-electron chi connectivity index (χ2n) is 5.09. The van der Waals surface area contributed by atoms with Gasteiger partial charge in [0, 0.05) is 0 Å². The molecular weight excluding hydrogens is 184 g/mol. The lowest BCUT2D eigenvalue weighted by Gasteiger charge is -2.27. The summed E-state index contributed by atoms with van der Waals surface area (Å²) in [6.45, 7) is 4.55. The molecule has 0 N–H and O–H groups in total. The van der Waals surface area contributed by atoms with Gasteiger partial charge in [-0.15, -0.1) is 0 Å². The molecule has 0 aromatic rings. The van der Waals surface area contributed by atoms with E-state index < -0.39 is 0 Å². The zero-order valence-corrected chi connectivity index (χ0v) is 9.86. The van der Waals surface area contributed by atoms with Crippen LogP contribution in [0.4, 0.5) is 0 Å². The van der Waals surface area contributed by atoms with Crippen molar-refractivity contribution in [2.45, 2.75) is 51.7 Å². The molecule has 2 aliphatic rings. The minimum atomic E-state index is 0.365. The Morgan fingerprint density at radius 1 is 0.733 bits per heavy atom. The molecule has 0 aromatic heterocycles. The van der Waals surface area contributed by atoms with Crippen LogP contribution in [0.2, 0.25) is 0 Å². The van der Waals surface area contributed by atoms with E-state index in [1.807, 2.05) is 0 Å². The second-order valence-corrected chi connectivity index (χ2v) is 5.09. The largest absolute Gasteiger partial charge is 0.367 e. The van der Waals surface area contributed by atoms with Gasteiger partial charge in [-0.3, -0.25) is 0 Å². The van der Waals surface area contributed by atoms with Gasteiger partial charge in [-0.1, -0.05) is 38.2 Å². The fourth-order valence-electron chi connectivity index (χ4n) is 2.32. The van der Waals surface area contributed by atoms with E-state index in [0.29, 0.717) is 12.2 Å². The summed E-state index contributed by atoms with van der Waals surface area (Å²) in [6, 6.07) is 0. The molecule has 0 bridgehead atoms. The first-order chi connectivity index (χ1) is 7.24. The molecule has 2 aliphatic carbocycles. The molecule has 84 valence electrons. The summed E-state index contributed by atoms with van der Waals surface area (Å²) in [5, 5.41) is 0. The normalized spacial score (nSPS) is 40.7. The fraction of sp³-hybridized carbons (Fsp3) is 0.714. The molecule has 0 saturated carbocycles. The van der Waals surface area contributed by atoms with Gasteiger partial charge in [-0.05, 0) is 37.5 Å². The van der Waals surface area contributed by atoms with Crippen LogP contribution in [0.1, 0.15) is 39.5 Å². The molecule has 0 fully saturated rings. The van der Waals surface area contributed by atoms with Gasteiger partial charge in [0.1, 0.15) is 0 Å². The van der Waals surface area contributed by atoms with E-state index in [2.05, 4.69) is 38.2 Å². The molecule has 0 radical (unpaired) electrons. The summed E-state index contributed by atoms with van der Waals surface area (Å²) in [5.41, 5.74) is 0. The van der Waals surface area contributed by atoms with Gasteiger partial charge in [0.25, 0.3) is 0 Å². The maximum absolute atomic E-state index is 6.06. The predicted octanol–water partition coefficient (Wildman–Crippen LogP) is 3.71. The van der Waals surface area contributed by atoms with Gasteiger partial charge in [-0.25, -0.2) is 0 Å². The van der Waals surface area contributed by atoms with Crippen molar-refractivity contribution in [3.63, 3.8) is 0 Å². The number of hydrogen-bond acceptors (Lipinski definition) is 1. The van der Waals surface area contributed by atoms with E-state index in [1.54, 1.807) is 0 Å². The van der Waals surface area contributed by atoms with Gasteiger partial charge in [0.2, 0.25) is 0 Å². The summed E-state index contributed by atoms with van der Waals surface area (Å²) in [6.07, 6.45) is 14.7. The van der Waals surface area contributed by atoms with Gasteiger partial charge >= 0.3 is 0 Å². The number of hydrogen-bond donors (Lipinski definition) is 0. The van der Waals surface area contributed by atoms with Crippen molar-refractivity contribution >= 4 is 0 Å². The van der Waals surface area contributed by atoms with Crippen molar-refractivity contribution in [2.24, 2.45) is 11.8 Å². The van der Waals surface area contributed by atoms with E-state index in [1.165, 1.54) is 25.7 Å². The summed E-state index contributed by atoms with van der Waals surface area (Å²) in [5.74, 6) is 1.48. The zero-order chi connectivity index (χ0) is 10.7. The molecule has 0 amide bonds. The first kappa shape index (κ1) is 10.9. The summed E-state index contributed by atoms with van der Waals surface area (Å²) >= 11 is 0. The third-order valence-electron chi connectivity index (χ3n) is 3.47. The summed E-state index contributed by atoms with van der Waals surface area (Å²) in [7, 11) is 0. The Bertz CT molecular complexity index is 228. The minimum absolute atomic E-state index is 0.365. The maximum Gasteiger partial charge on any atom is 0.0764 e. The third kappa shape index (κ3) is 3.20. The number of allylic oxidation sites excluding steroid dienone is 2. The standard InChI is InChI=1S/C14H22O/c1-11-3-7-13(8-4-11)15-14-9-5-12(2)6-10-14/h3,5,7,9,11-14H,4,6,8,10H2,1-2H3. The maximum atomic E-state index is 6.06. The van der Waals surface area contributed by atoms with Crippen LogP contribution in [-0.2, 0) is 4.74 Å². The van der Waals surface area contributed by atoms with Crippen LogP contribution in [0.3, 0.4) is 0 Å². The highest BCUT2D eigenvalue weighted by Gasteiger charge is 2.19. The van der Waals surface area contributed by atoms with Crippen molar-refractivity contribution in [1.29, 1.82) is 0 Å². The lowest BCUT2D eigenvalue weighted by molar-refractivity contribution is 0.0214. The molecule has 2 rings (SSSR count). The molecule has 0 saturated heterocycles. The van der Waals surface area contributed by atoms with Crippen molar-refractivity contribution in [3.8, 4) is 0 Å². The molecule has 0 aliphatic heterocycles. The van der Waals surface area contributed by atoms with E-state index >= 15 is 0 Å². The van der Waals surface area contributed by atoms with E-state index in [0.717, 1.165) is 11.8 Å². The molecule has 0 heterocycles. The van der Waals surface area contributed by atoms with Gasteiger partial charge < -0.3 is 4.74 Å². The number of rotatable bonds is 2. The molecule has 0 spiro atoms. The van der Waals surface area contributed by atoms with Gasteiger partial charge in [0.05, 0.1) is 12.2 Å². The topological polar surface area (TPSA) is 9.23 Å². The highest BCUT2D eigenvalue weighted by Crippen LogP contribution is 2.24. The lowest BCUT2D eigenvalue weighted by Crippen LogP contribution is -2.24. The first-order valence-corrected chi connectivity index (χ1v) is 6.26. The molecule has 4 atom stereocenters. The van der Waals surface area contributed by atoms with Crippen LogP contribution < -0.4 is 0 Å². The van der Waals surface area contributed by atoms with E-state index in [4.69, 9.17) is 4.74 Å². The van der Waals surface area contributed by atoms with Crippen LogP contribution in [0, 0.1) is 11.8 Å². The fourth-order valence-corrected chi connectivity index (χ4v) is 2.32. The van der Waals surface area contributed by atoms with Crippen molar-refractivity contribution in [2.75, 3.05) is 0 Å². The Hall–Kier alpha value is -0.560. The molecule has 15 heavy (non-hydrogen) atoms. The summed E-state index contributed by atoms with van der Waals surface area (Å²) < 4.78 is 6.06. The summed E-state index contributed by atoms with van der Waals surface area (Å²) in [4.78, 5) is 0. The van der Waals surface area contributed by atoms with Crippen LogP contribution in [0.5, 0.6) is 0 Å². The predicted molar refractivity (Wildman–Crippen MR) is 63.7 cm³/mol. The third-order valence-corrected chi connectivity index (χ3v) is 3.47. The highest BCUT2D eigenvalue weighted by molar-refractivity contribution is 5.02. The van der Waals surface area contributed by atoms with Gasteiger partial charge in [0.15, 0.2) is 0 Å². The van der Waals surface area contributed by atoms with Crippen LogP contribution in [0.25, 0.3) is 0 Å². The zero-order valence-electron chi connectivity index (χ0n) is 9.86. The second kappa shape index (κ2) is 4.98. The molecule has 1 heteroatoms. The molecule has 1 nitrogen and oxygen atoms in total. The molecule has 4 unspecified atom stereocenters. The number of ether oxygens (including phenoxy) is 1. The van der Waals surface area contributed by atoms with Crippen LogP contribution in [0.15, 0.2) is 24.3 Å². The Kier molecular flexibility index (Phi) is 3.63. The monoisotopic (exact) mass is 206 g/mol. The smallest absolute Gasteiger partial charge is 0.0764 e. The van der Waals surface area contributed by atoms with Crippen LogP contribution in [-0.4, -0.2) is 12.2 Å². The Morgan fingerprint density at radius 3 is 1.53 bits per heavy atom. The first-order valence-electron chi connectivity index (χ1n) is 6.26. The van der Waals surface area contributed by atoms with Gasteiger partial charge in [-0.2, -0.15) is 0 Å². The average molecular weight is 206 g/mol. The van der Waals surface area contributed by atoms with E-state index in [-0.39, 0.29) is 0 Å². The van der Waals surface area contributed by atoms with Crippen LogP contribution >= 0.6 is 0 Å². The van der Waals surface area contributed by atoms with Crippen molar-refractivity contribution in [3.05, 3.63) is 24.3 Å². The lowest BCUT2D eigenvalue weighted by atomic mass is 9.94. The molecule has 0 aromatic carbocycles. The van der Waals surface area contributed by atoms with Crippen molar-refractivity contribution in [1.82, 2.24) is 0 Å². The Labute approximate surface area is 93.2 Å². The minimum Gasteiger partial charge on any atom is -0.367 e. The van der Waals surface area contributed by atoms with Crippen molar-refractivity contribution < 1.29 is 4.74 Å². The SMILES string of the molecule is CC1C=CC(OC2C=CC(C)CC2)CC1. The highest BCUT2D eigenvalue weighted by atomic mass is 16.5. The Balaban J connectivity index is 1.82.